The van der Waals surface area contributed by atoms with Crippen molar-refractivity contribution in [3.05, 3.63) is 0 Å². The normalized spacial score (nSPS) is 22.0. The van der Waals surface area contributed by atoms with Gasteiger partial charge >= 0.3 is 0 Å². The Bertz CT molecular complexity index is 229. The Morgan fingerprint density at radius 2 is 1.08 bits per heavy atom. The number of alkyl halides is 4. The fraction of sp³-hybridized carbons (Fsp3) is 1.00. The monoisotopic (exact) mass is 462 g/mol. The molecule has 0 aliphatic heterocycles. The first-order chi connectivity index (χ1) is 5.71. The molecule has 7 heteroatoms. The Morgan fingerprint density at radius 3 is 1.23 bits per heavy atom. The maximum absolute atomic E-state index is 11.8. The summed E-state index contributed by atoms with van der Waals surface area (Å²) in [6.07, 6.45) is 0. The molecular formula is C6H10Br4O2S. The molecule has 0 aromatic heterocycles. The molecule has 13 heavy (non-hydrogen) atoms. The van der Waals surface area contributed by atoms with E-state index in [4.69, 9.17) is 0 Å². The van der Waals surface area contributed by atoms with E-state index in [1.165, 1.54) is 0 Å². The van der Waals surface area contributed by atoms with Gasteiger partial charge in [0.2, 0.25) is 0 Å². The fourth-order valence-corrected chi connectivity index (χ4v) is 6.01. The van der Waals surface area contributed by atoms with Crippen molar-refractivity contribution < 1.29 is 8.42 Å². The highest BCUT2D eigenvalue weighted by Crippen LogP contribution is 2.30. The molecular weight excluding hydrogens is 456 g/mol. The quantitative estimate of drug-likeness (QED) is 0.596. The van der Waals surface area contributed by atoms with Gasteiger partial charge in [-0.25, -0.2) is 8.42 Å². The molecule has 0 heterocycles. The van der Waals surface area contributed by atoms with E-state index in [0.29, 0.717) is 0 Å². The van der Waals surface area contributed by atoms with Gasteiger partial charge in [-0.05, 0) is 0 Å². The van der Waals surface area contributed by atoms with Crippen molar-refractivity contribution in [1.82, 2.24) is 0 Å². The molecule has 0 saturated carbocycles. The van der Waals surface area contributed by atoms with Crippen LogP contribution in [0.2, 0.25) is 0 Å². The second kappa shape index (κ2) is 5.82. The van der Waals surface area contributed by atoms with Gasteiger partial charge in [-0.3, -0.25) is 0 Å². The molecule has 4 atom stereocenters. The van der Waals surface area contributed by atoms with Gasteiger partial charge in [0.15, 0.2) is 9.84 Å². The van der Waals surface area contributed by atoms with E-state index in [2.05, 4.69) is 63.7 Å². The van der Waals surface area contributed by atoms with Crippen LogP contribution in [-0.4, -0.2) is 26.4 Å². The van der Waals surface area contributed by atoms with Crippen LogP contribution in [0, 0.1) is 0 Å². The standard InChI is InChI=1S/C6H10Br4O2S/c1-3(7)5(9)13(11,12)6(10)4(2)8/h3-6H,1-2H3. The van der Waals surface area contributed by atoms with Crippen LogP contribution >= 0.6 is 63.7 Å². The third kappa shape index (κ3) is 4.09. The molecule has 80 valence electrons. The number of halogens is 4. The largest absolute Gasteiger partial charge is 0.226 e. The lowest BCUT2D eigenvalue weighted by molar-refractivity contribution is 0.590. The summed E-state index contributed by atoms with van der Waals surface area (Å²) in [6.45, 7) is 3.57. The van der Waals surface area contributed by atoms with Crippen LogP contribution < -0.4 is 0 Å². The minimum absolute atomic E-state index is 0.121. The number of hydrogen-bond donors (Lipinski definition) is 0. The highest BCUT2D eigenvalue weighted by molar-refractivity contribution is 9.15. The van der Waals surface area contributed by atoms with Crippen molar-refractivity contribution in [2.24, 2.45) is 0 Å². The van der Waals surface area contributed by atoms with Crippen LogP contribution in [0.5, 0.6) is 0 Å². The fourth-order valence-electron chi connectivity index (χ4n) is 0.647. The summed E-state index contributed by atoms with van der Waals surface area (Å²) in [5.41, 5.74) is 0. The predicted molar refractivity (Wildman–Crippen MR) is 71.1 cm³/mol. The molecule has 0 radical (unpaired) electrons. The summed E-state index contributed by atoms with van der Waals surface area (Å²) >= 11 is 12.8. The van der Waals surface area contributed by atoms with Crippen LogP contribution in [0.1, 0.15) is 13.8 Å². The summed E-state index contributed by atoms with van der Waals surface area (Å²) in [5, 5.41) is 0. The summed E-state index contributed by atoms with van der Waals surface area (Å²) < 4.78 is 22.4. The molecule has 0 saturated heterocycles. The minimum atomic E-state index is -3.20. The summed E-state index contributed by atoms with van der Waals surface area (Å²) in [5.74, 6) is 0. The van der Waals surface area contributed by atoms with Gasteiger partial charge in [-0.2, -0.15) is 0 Å². The lowest BCUT2D eigenvalue weighted by atomic mass is 10.6. The predicted octanol–water partition coefficient (Wildman–Crippen LogP) is 3.41. The Labute approximate surface area is 113 Å². The van der Waals surface area contributed by atoms with Gasteiger partial charge in [-0.1, -0.05) is 77.6 Å². The molecule has 0 aromatic carbocycles. The van der Waals surface area contributed by atoms with Crippen molar-refractivity contribution >= 4 is 73.6 Å². The Hall–Kier alpha value is 1.87. The van der Waals surface area contributed by atoms with E-state index in [0.717, 1.165) is 0 Å². The third-order valence-corrected chi connectivity index (χ3v) is 11.3. The molecule has 0 aromatic rings. The maximum atomic E-state index is 11.8. The molecule has 0 N–H and O–H groups in total. The Kier molecular flexibility index (Phi) is 6.66. The van der Waals surface area contributed by atoms with E-state index in [9.17, 15) is 8.42 Å². The highest BCUT2D eigenvalue weighted by atomic mass is 79.9. The maximum Gasteiger partial charge on any atom is 0.178 e. The van der Waals surface area contributed by atoms with E-state index in [1.54, 1.807) is 13.8 Å². The number of sulfone groups is 1. The number of hydrogen-bond acceptors (Lipinski definition) is 2. The molecule has 0 spiro atoms. The van der Waals surface area contributed by atoms with Crippen molar-refractivity contribution in [3.8, 4) is 0 Å². The summed E-state index contributed by atoms with van der Waals surface area (Å²) in [7, 11) is -3.20. The molecule has 0 amide bonds. The SMILES string of the molecule is CC(Br)C(Br)S(=O)(=O)C(Br)C(C)Br. The van der Waals surface area contributed by atoms with Crippen molar-refractivity contribution in [2.45, 2.75) is 31.8 Å². The third-order valence-electron chi connectivity index (χ3n) is 1.35. The first-order valence-electron chi connectivity index (χ1n) is 3.50. The molecule has 0 aliphatic carbocycles. The van der Waals surface area contributed by atoms with Gasteiger partial charge < -0.3 is 0 Å². The van der Waals surface area contributed by atoms with Crippen LogP contribution in [0.15, 0.2) is 0 Å². The van der Waals surface area contributed by atoms with Crippen LogP contribution in [0.4, 0.5) is 0 Å². The summed E-state index contributed by atoms with van der Waals surface area (Å²) in [6, 6.07) is 0. The van der Waals surface area contributed by atoms with Gasteiger partial charge in [0.25, 0.3) is 0 Å². The van der Waals surface area contributed by atoms with E-state index >= 15 is 0 Å². The zero-order valence-corrected chi connectivity index (χ0v) is 14.2. The molecule has 0 fully saturated rings. The average Bonchev–Trinajstić information content (AvgIpc) is 2.01. The average molecular weight is 466 g/mol. The van der Waals surface area contributed by atoms with Gasteiger partial charge in [-0.15, -0.1) is 0 Å². The molecule has 4 unspecified atom stereocenters. The van der Waals surface area contributed by atoms with E-state index in [-0.39, 0.29) is 9.65 Å². The van der Waals surface area contributed by atoms with E-state index in [1.807, 2.05) is 0 Å². The minimum Gasteiger partial charge on any atom is -0.226 e. The van der Waals surface area contributed by atoms with Gasteiger partial charge in [0, 0.05) is 9.65 Å². The lowest BCUT2D eigenvalue weighted by Gasteiger charge is -2.19. The van der Waals surface area contributed by atoms with Crippen molar-refractivity contribution in [3.63, 3.8) is 0 Å². The second-order valence-corrected chi connectivity index (χ2v) is 10.9. The zero-order valence-electron chi connectivity index (χ0n) is 7.05. The Morgan fingerprint density at radius 1 is 0.846 bits per heavy atom. The smallest absolute Gasteiger partial charge is 0.178 e. The zero-order chi connectivity index (χ0) is 10.8. The summed E-state index contributed by atoms with van der Waals surface area (Å²) in [4.78, 5) is -0.243. The highest BCUT2D eigenvalue weighted by Gasteiger charge is 2.35. The molecule has 2 nitrogen and oxygen atoms in total. The first kappa shape index (κ1) is 14.9. The molecule has 0 aliphatic rings. The van der Waals surface area contributed by atoms with E-state index < -0.39 is 18.2 Å². The second-order valence-electron chi connectivity index (χ2n) is 2.65. The van der Waals surface area contributed by atoms with Crippen molar-refractivity contribution in [2.75, 3.05) is 0 Å². The van der Waals surface area contributed by atoms with Gasteiger partial charge in [0.05, 0.1) is 0 Å². The van der Waals surface area contributed by atoms with Crippen LogP contribution in [0.25, 0.3) is 0 Å². The number of rotatable bonds is 4. The van der Waals surface area contributed by atoms with Crippen LogP contribution in [-0.2, 0) is 9.84 Å². The van der Waals surface area contributed by atoms with Gasteiger partial charge in [0.1, 0.15) is 8.32 Å². The lowest BCUT2D eigenvalue weighted by Crippen LogP contribution is -2.33. The first-order valence-corrected chi connectivity index (χ1v) is 8.77. The molecule has 0 bridgehead atoms. The van der Waals surface area contributed by atoms with Crippen molar-refractivity contribution in [1.29, 1.82) is 0 Å². The Balaban J connectivity index is 4.77. The van der Waals surface area contributed by atoms with Crippen LogP contribution in [0.3, 0.4) is 0 Å². The topological polar surface area (TPSA) is 34.1 Å². The molecule has 0 rings (SSSR count).